The molecule has 176 valence electrons. The number of hydrogen-bond donors (Lipinski definition) is 1. The summed E-state index contributed by atoms with van der Waals surface area (Å²) in [4.78, 5) is 24.6. The number of amides is 1. The van der Waals surface area contributed by atoms with Gasteiger partial charge in [-0.3, -0.25) is 4.79 Å². The van der Waals surface area contributed by atoms with Crippen LogP contribution in [0.3, 0.4) is 0 Å². The molecule has 0 atom stereocenters. The average molecular weight is 448 g/mol. The van der Waals surface area contributed by atoms with Crippen LogP contribution in [0.5, 0.6) is 0 Å². The highest BCUT2D eigenvalue weighted by Gasteiger charge is 2.13. The Morgan fingerprint density at radius 3 is 1.48 bits per heavy atom. The van der Waals surface area contributed by atoms with Gasteiger partial charge in [-0.1, -0.05) is 95.2 Å². The fourth-order valence-corrected chi connectivity index (χ4v) is 2.97. The molecule has 0 spiro atoms. The number of nitrogens with zero attached hydrogens (tertiary/aromatic N) is 1. The van der Waals surface area contributed by atoms with Crippen molar-refractivity contribution in [2.24, 2.45) is 0 Å². The Morgan fingerprint density at radius 1 is 0.576 bits per heavy atom. The number of carbonyl (C=O) groups is 2. The van der Waals surface area contributed by atoms with E-state index in [-0.39, 0.29) is 5.91 Å². The molecule has 1 fully saturated rings. The van der Waals surface area contributed by atoms with E-state index >= 15 is 0 Å². The molecule has 0 saturated carbocycles. The summed E-state index contributed by atoms with van der Waals surface area (Å²) >= 11 is 0. The van der Waals surface area contributed by atoms with Gasteiger partial charge in [0.15, 0.2) is 0 Å². The molecule has 1 heterocycles. The SMILES string of the molecule is CC(=C/C=C/C(C)=C/C=C/C=C(C)/C=C/C=C(C)/C=C/C(=O)N1CCCCC1)/C=C/C(=O)O. The molecule has 4 nitrogen and oxygen atoms in total. The van der Waals surface area contributed by atoms with E-state index in [0.29, 0.717) is 0 Å². The second-order valence-electron chi connectivity index (χ2n) is 8.14. The molecule has 4 heteroatoms. The summed E-state index contributed by atoms with van der Waals surface area (Å²) in [5.41, 5.74) is 4.11. The van der Waals surface area contributed by atoms with Crippen molar-refractivity contribution in [1.82, 2.24) is 4.90 Å². The van der Waals surface area contributed by atoms with Crippen molar-refractivity contribution in [2.75, 3.05) is 13.1 Å². The fourth-order valence-electron chi connectivity index (χ4n) is 2.97. The van der Waals surface area contributed by atoms with Gasteiger partial charge in [0.05, 0.1) is 0 Å². The van der Waals surface area contributed by atoms with Crippen LogP contribution in [0.15, 0.2) is 107 Å². The molecule has 0 aliphatic carbocycles. The molecule has 1 N–H and O–H groups in total. The van der Waals surface area contributed by atoms with Crippen LogP contribution in [0.4, 0.5) is 0 Å². The second kappa shape index (κ2) is 16.3. The lowest BCUT2D eigenvalue weighted by Crippen LogP contribution is -2.34. The largest absolute Gasteiger partial charge is 0.478 e. The molecule has 1 amide bonds. The van der Waals surface area contributed by atoms with Crippen LogP contribution in [0.25, 0.3) is 0 Å². The maximum Gasteiger partial charge on any atom is 0.328 e. The van der Waals surface area contributed by atoms with Gasteiger partial charge >= 0.3 is 5.97 Å². The molecule has 0 radical (unpaired) electrons. The number of rotatable bonds is 10. The Hall–Kier alpha value is -3.40. The zero-order valence-electron chi connectivity index (χ0n) is 20.3. The van der Waals surface area contributed by atoms with E-state index in [9.17, 15) is 9.59 Å². The van der Waals surface area contributed by atoms with Crippen molar-refractivity contribution in [3.8, 4) is 0 Å². The molecule has 0 aromatic rings. The highest BCUT2D eigenvalue weighted by atomic mass is 16.4. The Bertz CT molecular complexity index is 928. The molecule has 1 rings (SSSR count). The van der Waals surface area contributed by atoms with Crippen molar-refractivity contribution >= 4 is 11.9 Å². The van der Waals surface area contributed by atoms with Crippen molar-refractivity contribution < 1.29 is 14.7 Å². The van der Waals surface area contributed by atoms with Gasteiger partial charge in [0.1, 0.15) is 0 Å². The van der Waals surface area contributed by atoms with E-state index in [4.69, 9.17) is 5.11 Å². The van der Waals surface area contributed by atoms with E-state index in [1.807, 2.05) is 99.4 Å². The second-order valence-corrected chi connectivity index (χ2v) is 8.14. The Kier molecular flexibility index (Phi) is 13.6. The number of carboxylic acids is 1. The van der Waals surface area contributed by atoms with Crippen LogP contribution in [-0.4, -0.2) is 35.0 Å². The molecule has 0 bridgehead atoms. The minimum atomic E-state index is -0.950. The number of likely N-dealkylation sites (tertiary alicyclic amines) is 1. The van der Waals surface area contributed by atoms with E-state index in [1.165, 1.54) is 6.42 Å². The molecule has 0 aromatic heterocycles. The van der Waals surface area contributed by atoms with Crippen molar-refractivity contribution in [3.05, 3.63) is 107 Å². The lowest BCUT2D eigenvalue weighted by molar-refractivity contribution is -0.131. The summed E-state index contributed by atoms with van der Waals surface area (Å²) < 4.78 is 0. The summed E-state index contributed by atoms with van der Waals surface area (Å²) in [5, 5.41) is 8.61. The Morgan fingerprint density at radius 2 is 1.00 bits per heavy atom. The molecule has 0 aromatic carbocycles. The Labute approximate surface area is 199 Å². The number of carboxylic acid groups (broad SMARTS) is 1. The van der Waals surface area contributed by atoms with Crippen LogP contribution in [0.2, 0.25) is 0 Å². The summed E-state index contributed by atoms with van der Waals surface area (Å²) in [6.45, 7) is 9.63. The maximum absolute atomic E-state index is 12.2. The third-order valence-electron chi connectivity index (χ3n) is 4.91. The molecule has 1 aliphatic heterocycles. The number of aliphatic carboxylic acids is 1. The molecule has 0 unspecified atom stereocenters. The first-order valence-electron chi connectivity index (χ1n) is 11.4. The minimum absolute atomic E-state index is 0.104. The summed E-state index contributed by atoms with van der Waals surface area (Å²) in [6.07, 6.45) is 29.4. The zero-order valence-corrected chi connectivity index (χ0v) is 20.3. The molecular weight excluding hydrogens is 410 g/mol. The van der Waals surface area contributed by atoms with E-state index < -0.39 is 5.97 Å². The van der Waals surface area contributed by atoms with Gasteiger partial charge in [-0.05, 0) is 47.0 Å². The van der Waals surface area contributed by atoms with Gasteiger partial charge in [0, 0.05) is 25.2 Å². The lowest BCUT2D eigenvalue weighted by Gasteiger charge is -2.25. The van der Waals surface area contributed by atoms with E-state index in [1.54, 1.807) is 12.2 Å². The van der Waals surface area contributed by atoms with E-state index in [0.717, 1.165) is 54.3 Å². The van der Waals surface area contributed by atoms with Gasteiger partial charge in [-0.15, -0.1) is 0 Å². The first-order chi connectivity index (χ1) is 15.8. The monoisotopic (exact) mass is 447 g/mol. The number of carbonyl (C=O) groups excluding carboxylic acids is 1. The van der Waals surface area contributed by atoms with Gasteiger partial charge in [0.25, 0.3) is 0 Å². The molecule has 1 aliphatic rings. The third-order valence-corrected chi connectivity index (χ3v) is 4.91. The topological polar surface area (TPSA) is 57.6 Å². The summed E-state index contributed by atoms with van der Waals surface area (Å²) in [6, 6.07) is 0. The first kappa shape index (κ1) is 27.6. The number of allylic oxidation sites excluding steroid dienone is 16. The van der Waals surface area contributed by atoms with Crippen LogP contribution in [0.1, 0.15) is 47.0 Å². The molecular formula is C29H37NO3. The predicted octanol–water partition coefficient (Wildman–Crippen LogP) is 6.65. The van der Waals surface area contributed by atoms with Crippen LogP contribution >= 0.6 is 0 Å². The summed E-state index contributed by atoms with van der Waals surface area (Å²) in [7, 11) is 0. The first-order valence-corrected chi connectivity index (χ1v) is 11.4. The van der Waals surface area contributed by atoms with Gasteiger partial charge in [-0.25, -0.2) is 4.79 Å². The quantitative estimate of drug-likeness (QED) is 0.301. The summed E-state index contributed by atoms with van der Waals surface area (Å²) in [5.74, 6) is -0.846. The zero-order chi connectivity index (χ0) is 24.5. The lowest BCUT2D eigenvalue weighted by atomic mass is 10.1. The minimum Gasteiger partial charge on any atom is -0.478 e. The Balaban J connectivity index is 2.51. The van der Waals surface area contributed by atoms with Gasteiger partial charge < -0.3 is 10.0 Å². The van der Waals surface area contributed by atoms with Gasteiger partial charge in [0.2, 0.25) is 5.91 Å². The molecule has 33 heavy (non-hydrogen) atoms. The highest BCUT2D eigenvalue weighted by molar-refractivity contribution is 5.88. The average Bonchev–Trinajstić information content (AvgIpc) is 2.79. The third kappa shape index (κ3) is 14.3. The maximum atomic E-state index is 12.2. The smallest absolute Gasteiger partial charge is 0.328 e. The highest BCUT2D eigenvalue weighted by Crippen LogP contribution is 2.09. The standard InChI is InChI=1S/C29H37NO3/c1-24(12-6-7-13-25(2)15-11-17-27(4)19-21-29(32)33)14-10-16-26(3)18-20-28(31)30-22-8-5-9-23-30/h6-7,10-21H,5,8-9,22-23H2,1-4H3,(H,32,33)/b7-6+,14-10+,15-11+,20-18+,21-19+,24-12+,25-13+,26-16+,27-17-. The van der Waals surface area contributed by atoms with Crippen LogP contribution in [0, 0.1) is 0 Å². The van der Waals surface area contributed by atoms with E-state index in [2.05, 4.69) is 0 Å². The van der Waals surface area contributed by atoms with Crippen molar-refractivity contribution in [1.29, 1.82) is 0 Å². The molecule has 1 saturated heterocycles. The van der Waals surface area contributed by atoms with Crippen molar-refractivity contribution in [2.45, 2.75) is 47.0 Å². The number of hydrogen-bond acceptors (Lipinski definition) is 2. The fraction of sp³-hybridized carbons (Fsp3) is 0.310. The number of piperidine rings is 1. The van der Waals surface area contributed by atoms with Crippen LogP contribution < -0.4 is 0 Å². The van der Waals surface area contributed by atoms with Crippen molar-refractivity contribution in [3.63, 3.8) is 0 Å². The normalized spacial score (nSPS) is 17.5. The predicted molar refractivity (Wildman–Crippen MR) is 139 cm³/mol. The van der Waals surface area contributed by atoms with Crippen LogP contribution in [-0.2, 0) is 9.59 Å². The van der Waals surface area contributed by atoms with Gasteiger partial charge in [-0.2, -0.15) is 0 Å².